The zero-order valence-corrected chi connectivity index (χ0v) is 22.5. The van der Waals surface area contributed by atoms with Gasteiger partial charge in [-0.15, -0.1) is 23.1 Å². The number of benzene rings is 3. The lowest BCUT2D eigenvalue weighted by molar-refractivity contribution is -0.142. The molecule has 4 rings (SSSR count). The van der Waals surface area contributed by atoms with Crippen molar-refractivity contribution in [2.75, 3.05) is 6.26 Å². The molecule has 0 saturated heterocycles. The maximum atomic E-state index is 13.8. The van der Waals surface area contributed by atoms with Gasteiger partial charge in [-0.05, 0) is 64.7 Å². The number of carboxylic acids is 1. The zero-order valence-electron chi connectivity index (χ0n) is 19.4. The van der Waals surface area contributed by atoms with Crippen LogP contribution in [0.4, 0.5) is 0 Å². The van der Waals surface area contributed by atoms with Gasteiger partial charge in [0.25, 0.3) is 5.91 Å². The van der Waals surface area contributed by atoms with Crippen LogP contribution in [-0.4, -0.2) is 34.2 Å². The molecule has 0 radical (unpaired) electrons. The Balaban J connectivity index is 1.74. The van der Waals surface area contributed by atoms with Gasteiger partial charge in [0, 0.05) is 21.2 Å². The molecule has 0 spiro atoms. The molecule has 0 aliphatic rings. The maximum absolute atomic E-state index is 13.8. The summed E-state index contributed by atoms with van der Waals surface area (Å²) in [6.45, 7) is 0.124. The van der Waals surface area contributed by atoms with E-state index in [9.17, 15) is 14.7 Å². The summed E-state index contributed by atoms with van der Waals surface area (Å²) >= 11 is 15.6. The first-order chi connectivity index (χ1) is 17.4. The largest absolute Gasteiger partial charge is 0.480 e. The van der Waals surface area contributed by atoms with Crippen molar-refractivity contribution in [3.05, 3.63) is 110 Å². The number of carbonyl (C=O) groups is 2. The molecule has 36 heavy (non-hydrogen) atoms. The van der Waals surface area contributed by atoms with E-state index in [2.05, 4.69) is 0 Å². The van der Waals surface area contributed by atoms with E-state index in [1.165, 1.54) is 28.4 Å². The minimum atomic E-state index is -1.10. The molecule has 1 amide bonds. The van der Waals surface area contributed by atoms with E-state index < -0.39 is 17.9 Å². The SMILES string of the molecule is CSc1ccc(-c2ccsc2CN(C(=O)c2ccc(Cl)cc2Cl)[C@@H](Cc2ccccc2)C(=O)O)cc1. The fourth-order valence-electron chi connectivity index (χ4n) is 3.95. The predicted octanol–water partition coefficient (Wildman–Crippen LogP) is 7.78. The van der Waals surface area contributed by atoms with Crippen LogP contribution >= 0.6 is 46.3 Å². The minimum absolute atomic E-state index is 0.124. The van der Waals surface area contributed by atoms with E-state index in [1.807, 2.05) is 72.3 Å². The Bertz CT molecular complexity index is 1360. The fourth-order valence-corrected chi connectivity index (χ4v) is 5.75. The average molecular weight is 557 g/mol. The first kappa shape index (κ1) is 26.3. The molecule has 1 heterocycles. The van der Waals surface area contributed by atoms with Gasteiger partial charge < -0.3 is 10.0 Å². The molecule has 1 aromatic heterocycles. The molecule has 0 fully saturated rings. The normalized spacial score (nSPS) is 11.8. The Morgan fingerprint density at radius 1 is 1.00 bits per heavy atom. The second-order valence-corrected chi connectivity index (χ2v) is 10.8. The highest BCUT2D eigenvalue weighted by atomic mass is 35.5. The molecular formula is C28H23Cl2NO3S2. The molecule has 1 N–H and O–H groups in total. The van der Waals surface area contributed by atoms with Crippen LogP contribution in [0.3, 0.4) is 0 Å². The van der Waals surface area contributed by atoms with Crippen LogP contribution in [0.25, 0.3) is 11.1 Å². The van der Waals surface area contributed by atoms with Gasteiger partial charge in [-0.1, -0.05) is 65.7 Å². The molecule has 0 aliphatic carbocycles. The molecule has 184 valence electrons. The number of thioether (sulfide) groups is 1. The highest BCUT2D eigenvalue weighted by Gasteiger charge is 2.32. The Hall–Kier alpha value is -2.77. The third-order valence-corrected chi connectivity index (χ3v) is 8.01. The van der Waals surface area contributed by atoms with Gasteiger partial charge in [0.15, 0.2) is 0 Å². The molecule has 0 saturated carbocycles. The van der Waals surface area contributed by atoms with Crippen molar-refractivity contribution >= 4 is 58.2 Å². The van der Waals surface area contributed by atoms with E-state index in [-0.39, 0.29) is 23.6 Å². The summed E-state index contributed by atoms with van der Waals surface area (Å²) in [7, 11) is 0. The first-order valence-corrected chi connectivity index (χ1v) is 14.0. The standard InChI is InChI=1S/C28H23Cl2NO3S2/c1-35-21-10-7-19(8-11-21)22-13-14-36-26(22)17-31(27(32)23-12-9-20(29)16-24(23)30)25(28(33)34)15-18-5-3-2-4-6-18/h2-14,16,25H,15,17H2,1H3,(H,33,34)/t25-/m0/s1. The minimum Gasteiger partial charge on any atom is -0.480 e. The summed E-state index contributed by atoms with van der Waals surface area (Å²) in [5, 5.41) is 12.8. The summed E-state index contributed by atoms with van der Waals surface area (Å²) in [6.07, 6.45) is 2.19. The average Bonchev–Trinajstić information content (AvgIpc) is 3.34. The fraction of sp³-hybridized carbons (Fsp3) is 0.143. The highest BCUT2D eigenvalue weighted by molar-refractivity contribution is 7.98. The van der Waals surface area contributed by atoms with E-state index in [1.54, 1.807) is 17.8 Å². The second kappa shape index (κ2) is 12.0. The van der Waals surface area contributed by atoms with Gasteiger partial charge >= 0.3 is 5.97 Å². The number of amides is 1. The topological polar surface area (TPSA) is 57.6 Å². The number of rotatable bonds is 9. The predicted molar refractivity (Wildman–Crippen MR) is 149 cm³/mol. The van der Waals surface area contributed by atoms with Crippen LogP contribution in [0.1, 0.15) is 20.8 Å². The van der Waals surface area contributed by atoms with Crippen molar-refractivity contribution in [3.8, 4) is 11.1 Å². The van der Waals surface area contributed by atoms with Crippen molar-refractivity contribution in [1.29, 1.82) is 0 Å². The lowest BCUT2D eigenvalue weighted by Gasteiger charge is -2.30. The summed E-state index contributed by atoms with van der Waals surface area (Å²) < 4.78 is 0. The molecular weight excluding hydrogens is 533 g/mol. The molecule has 3 aromatic carbocycles. The van der Waals surface area contributed by atoms with Gasteiger partial charge in [-0.3, -0.25) is 4.79 Å². The second-order valence-electron chi connectivity index (χ2n) is 8.09. The maximum Gasteiger partial charge on any atom is 0.326 e. The summed E-state index contributed by atoms with van der Waals surface area (Å²) in [4.78, 5) is 29.8. The van der Waals surface area contributed by atoms with Crippen LogP contribution in [0.5, 0.6) is 0 Å². The number of carbonyl (C=O) groups excluding carboxylic acids is 1. The van der Waals surface area contributed by atoms with E-state index >= 15 is 0 Å². The Labute approximate surface area is 228 Å². The van der Waals surface area contributed by atoms with Crippen molar-refractivity contribution in [1.82, 2.24) is 4.90 Å². The Morgan fingerprint density at radius 2 is 1.72 bits per heavy atom. The quantitative estimate of drug-likeness (QED) is 0.214. The van der Waals surface area contributed by atoms with Crippen molar-refractivity contribution in [3.63, 3.8) is 0 Å². The molecule has 1 atom stereocenters. The molecule has 0 bridgehead atoms. The number of carboxylic acid groups (broad SMARTS) is 1. The Kier molecular flexibility index (Phi) is 8.75. The van der Waals surface area contributed by atoms with Crippen LogP contribution in [0.15, 0.2) is 89.1 Å². The number of hydrogen-bond donors (Lipinski definition) is 1. The van der Waals surface area contributed by atoms with Crippen LogP contribution in [-0.2, 0) is 17.8 Å². The van der Waals surface area contributed by atoms with E-state index in [0.29, 0.717) is 5.02 Å². The van der Waals surface area contributed by atoms with Gasteiger partial charge in [0.2, 0.25) is 0 Å². The van der Waals surface area contributed by atoms with Crippen molar-refractivity contribution < 1.29 is 14.7 Å². The molecule has 0 aliphatic heterocycles. The monoisotopic (exact) mass is 555 g/mol. The van der Waals surface area contributed by atoms with Crippen LogP contribution < -0.4 is 0 Å². The van der Waals surface area contributed by atoms with E-state index in [4.69, 9.17) is 23.2 Å². The van der Waals surface area contributed by atoms with Crippen LogP contribution in [0, 0.1) is 0 Å². The number of hydrogen-bond acceptors (Lipinski definition) is 4. The molecule has 8 heteroatoms. The molecule has 4 aromatic rings. The third kappa shape index (κ3) is 6.13. The third-order valence-electron chi connectivity index (χ3n) is 5.82. The smallest absolute Gasteiger partial charge is 0.326 e. The van der Waals surface area contributed by atoms with Crippen molar-refractivity contribution in [2.24, 2.45) is 0 Å². The zero-order chi connectivity index (χ0) is 25.7. The molecule has 0 unspecified atom stereocenters. The lowest BCUT2D eigenvalue weighted by Crippen LogP contribution is -2.46. The summed E-state index contributed by atoms with van der Waals surface area (Å²) in [6, 6.07) is 23.0. The van der Waals surface area contributed by atoms with Crippen LogP contribution in [0.2, 0.25) is 10.0 Å². The molecule has 4 nitrogen and oxygen atoms in total. The van der Waals surface area contributed by atoms with Crippen molar-refractivity contribution in [2.45, 2.75) is 23.9 Å². The van der Waals surface area contributed by atoms with Gasteiger partial charge in [-0.2, -0.15) is 0 Å². The number of halogens is 2. The Morgan fingerprint density at radius 3 is 2.36 bits per heavy atom. The van der Waals surface area contributed by atoms with E-state index in [0.717, 1.165) is 26.5 Å². The summed E-state index contributed by atoms with van der Waals surface area (Å²) in [5.74, 6) is -1.54. The van der Waals surface area contributed by atoms with Gasteiger partial charge in [0.05, 0.1) is 17.1 Å². The summed E-state index contributed by atoms with van der Waals surface area (Å²) in [5.41, 5.74) is 3.01. The number of nitrogens with zero attached hydrogens (tertiary/aromatic N) is 1. The van der Waals surface area contributed by atoms with Gasteiger partial charge in [0.1, 0.15) is 6.04 Å². The first-order valence-electron chi connectivity index (χ1n) is 11.1. The lowest BCUT2D eigenvalue weighted by atomic mass is 10.0. The number of aliphatic carboxylic acids is 1. The number of thiophene rings is 1. The highest BCUT2D eigenvalue weighted by Crippen LogP contribution is 2.33. The van der Waals surface area contributed by atoms with Gasteiger partial charge in [-0.25, -0.2) is 4.79 Å².